The molecule has 0 heterocycles. The summed E-state index contributed by atoms with van der Waals surface area (Å²) in [6, 6.07) is 0.373. The van der Waals surface area contributed by atoms with Gasteiger partial charge >= 0.3 is 5.97 Å². The van der Waals surface area contributed by atoms with Crippen LogP contribution in [0, 0.1) is 0 Å². The maximum absolute atomic E-state index is 11.4. The molecule has 106 valence electrons. The summed E-state index contributed by atoms with van der Waals surface area (Å²) in [6.07, 6.45) is 2.36. The fourth-order valence-electron chi connectivity index (χ4n) is 1.99. The number of carboxylic acids is 1. The Morgan fingerprint density at radius 2 is 2.00 bits per heavy atom. The average Bonchev–Trinajstić information content (AvgIpc) is 3.00. The normalized spacial score (nSPS) is 24.1. The third-order valence-electron chi connectivity index (χ3n) is 3.39. The van der Waals surface area contributed by atoms with Gasteiger partial charge in [-0.3, -0.25) is 10.1 Å². The summed E-state index contributed by atoms with van der Waals surface area (Å²) in [4.78, 5) is 11.4. The van der Waals surface area contributed by atoms with Crippen LogP contribution in [0.1, 0.15) is 47.0 Å². The van der Waals surface area contributed by atoms with E-state index in [1.807, 2.05) is 13.8 Å². The molecule has 0 aromatic heterocycles. The first-order valence-corrected chi connectivity index (χ1v) is 7.53. The van der Waals surface area contributed by atoms with E-state index in [9.17, 15) is 15.0 Å². The van der Waals surface area contributed by atoms with Gasteiger partial charge in [-0.2, -0.15) is 11.8 Å². The van der Waals surface area contributed by atoms with Gasteiger partial charge in [0.15, 0.2) is 0 Å². The van der Waals surface area contributed by atoms with Gasteiger partial charge < -0.3 is 10.2 Å². The molecule has 3 N–H and O–H groups in total. The van der Waals surface area contributed by atoms with Gasteiger partial charge in [-0.1, -0.05) is 13.8 Å². The maximum Gasteiger partial charge on any atom is 0.323 e. The van der Waals surface area contributed by atoms with E-state index in [1.165, 1.54) is 0 Å². The second-order valence-electron chi connectivity index (χ2n) is 5.65. The number of aliphatic carboxylic acids is 1. The molecule has 5 heteroatoms. The molecule has 0 aromatic rings. The quantitative estimate of drug-likeness (QED) is 0.631. The van der Waals surface area contributed by atoms with Crippen molar-refractivity contribution in [2.24, 2.45) is 0 Å². The molecule has 1 aliphatic rings. The van der Waals surface area contributed by atoms with Gasteiger partial charge in [-0.05, 0) is 33.1 Å². The number of thioether (sulfide) groups is 1. The number of hydrogen-bond donors (Lipinski definition) is 3. The molecule has 0 aliphatic heterocycles. The minimum atomic E-state index is -0.855. The van der Waals surface area contributed by atoms with Crippen molar-refractivity contribution in [1.82, 2.24) is 5.32 Å². The predicted molar refractivity (Wildman–Crippen MR) is 75.0 cm³/mol. The molecule has 4 atom stereocenters. The van der Waals surface area contributed by atoms with Crippen LogP contribution in [-0.4, -0.2) is 44.4 Å². The minimum Gasteiger partial charge on any atom is -0.480 e. The number of carbonyl (C=O) groups is 1. The van der Waals surface area contributed by atoms with E-state index >= 15 is 0 Å². The first kappa shape index (κ1) is 15.8. The molecule has 1 aliphatic carbocycles. The van der Waals surface area contributed by atoms with Crippen LogP contribution >= 0.6 is 11.8 Å². The summed E-state index contributed by atoms with van der Waals surface area (Å²) >= 11 is 1.65. The molecule has 0 radical (unpaired) electrons. The van der Waals surface area contributed by atoms with E-state index in [0.29, 0.717) is 12.5 Å². The van der Waals surface area contributed by atoms with Crippen LogP contribution in [0.25, 0.3) is 0 Å². The molecule has 1 saturated carbocycles. The Hall–Kier alpha value is -0.260. The van der Waals surface area contributed by atoms with Gasteiger partial charge in [0.1, 0.15) is 5.54 Å². The predicted octanol–water partition coefficient (Wildman–Crippen LogP) is 1.86. The minimum absolute atomic E-state index is 0.124. The van der Waals surface area contributed by atoms with E-state index in [4.69, 9.17) is 0 Å². The molecule has 1 fully saturated rings. The highest BCUT2D eigenvalue weighted by Gasteiger charge is 2.39. The van der Waals surface area contributed by atoms with Crippen molar-refractivity contribution in [2.45, 2.75) is 75.1 Å². The molecular formula is C13H25NO3S. The van der Waals surface area contributed by atoms with E-state index in [1.54, 1.807) is 25.6 Å². The fourth-order valence-corrected chi connectivity index (χ4v) is 3.38. The van der Waals surface area contributed by atoms with Crippen molar-refractivity contribution in [2.75, 3.05) is 0 Å². The summed E-state index contributed by atoms with van der Waals surface area (Å²) in [5, 5.41) is 22.4. The van der Waals surface area contributed by atoms with Crippen molar-refractivity contribution < 1.29 is 15.0 Å². The Morgan fingerprint density at radius 3 is 2.39 bits per heavy atom. The number of hydrogen-bond acceptors (Lipinski definition) is 4. The van der Waals surface area contributed by atoms with Crippen LogP contribution in [0.5, 0.6) is 0 Å². The number of aliphatic hydroxyl groups excluding tert-OH is 1. The molecule has 4 unspecified atom stereocenters. The molecule has 0 spiro atoms. The lowest BCUT2D eigenvalue weighted by molar-refractivity contribution is -0.144. The summed E-state index contributed by atoms with van der Waals surface area (Å²) in [5.41, 5.74) is -0.855. The van der Waals surface area contributed by atoms with Crippen molar-refractivity contribution >= 4 is 17.7 Å². The summed E-state index contributed by atoms with van der Waals surface area (Å²) < 4.78 is 0. The highest BCUT2D eigenvalue weighted by molar-refractivity contribution is 8.00. The molecule has 18 heavy (non-hydrogen) atoms. The van der Waals surface area contributed by atoms with Crippen LogP contribution in [0.15, 0.2) is 0 Å². The van der Waals surface area contributed by atoms with Crippen LogP contribution in [0.4, 0.5) is 0 Å². The second-order valence-corrected chi connectivity index (χ2v) is 7.47. The van der Waals surface area contributed by atoms with Crippen LogP contribution in [0.2, 0.25) is 0 Å². The Kier molecular flexibility index (Phi) is 5.49. The zero-order chi connectivity index (χ0) is 13.9. The zero-order valence-corrected chi connectivity index (χ0v) is 12.5. The van der Waals surface area contributed by atoms with Crippen molar-refractivity contribution in [3.05, 3.63) is 0 Å². The van der Waals surface area contributed by atoms with Crippen LogP contribution in [-0.2, 0) is 4.79 Å². The lowest BCUT2D eigenvalue weighted by atomic mass is 9.96. The Bertz CT molecular complexity index is 294. The second kappa shape index (κ2) is 6.26. The fraction of sp³-hybridized carbons (Fsp3) is 0.923. The molecular weight excluding hydrogens is 250 g/mol. The number of nitrogens with one attached hydrogen (secondary N) is 1. The van der Waals surface area contributed by atoms with Gasteiger partial charge in [0.05, 0.1) is 6.10 Å². The molecule has 0 bridgehead atoms. The monoisotopic (exact) mass is 275 g/mol. The lowest BCUT2D eigenvalue weighted by Gasteiger charge is -2.30. The lowest BCUT2D eigenvalue weighted by Crippen LogP contribution is -2.52. The standard InChI is InChI=1S/C13H25NO3S/c1-8(18-10(3)9(2)15)7-13(4,12(16)17)14-11-5-6-11/h8-11,14-15H,5-7H2,1-4H3,(H,16,17). The average molecular weight is 275 g/mol. The first-order valence-electron chi connectivity index (χ1n) is 6.59. The SMILES string of the molecule is CC(CC(C)(NC1CC1)C(=O)O)SC(C)C(C)O. The van der Waals surface area contributed by atoms with E-state index in [-0.39, 0.29) is 16.6 Å². The molecule has 0 aromatic carbocycles. The van der Waals surface area contributed by atoms with Crippen LogP contribution < -0.4 is 5.32 Å². The van der Waals surface area contributed by atoms with E-state index in [2.05, 4.69) is 5.32 Å². The van der Waals surface area contributed by atoms with Crippen LogP contribution in [0.3, 0.4) is 0 Å². The largest absolute Gasteiger partial charge is 0.480 e. The molecule has 4 nitrogen and oxygen atoms in total. The van der Waals surface area contributed by atoms with Gasteiger partial charge in [0, 0.05) is 16.5 Å². The van der Waals surface area contributed by atoms with Gasteiger partial charge in [-0.25, -0.2) is 0 Å². The highest BCUT2D eigenvalue weighted by atomic mass is 32.2. The highest BCUT2D eigenvalue weighted by Crippen LogP contribution is 2.30. The topological polar surface area (TPSA) is 69.6 Å². The third kappa shape index (κ3) is 4.78. The van der Waals surface area contributed by atoms with E-state index in [0.717, 1.165) is 12.8 Å². The van der Waals surface area contributed by atoms with Crippen molar-refractivity contribution in [1.29, 1.82) is 0 Å². The Balaban J connectivity index is 2.51. The number of rotatable bonds is 8. The summed E-state index contributed by atoms with van der Waals surface area (Å²) in [6.45, 7) is 7.53. The van der Waals surface area contributed by atoms with Crippen molar-refractivity contribution in [3.8, 4) is 0 Å². The Labute approximate surface area is 114 Å². The molecule has 0 amide bonds. The smallest absolute Gasteiger partial charge is 0.323 e. The van der Waals surface area contributed by atoms with Gasteiger partial charge in [0.25, 0.3) is 0 Å². The van der Waals surface area contributed by atoms with Crippen molar-refractivity contribution in [3.63, 3.8) is 0 Å². The molecule has 0 saturated heterocycles. The number of aliphatic hydroxyl groups is 1. The third-order valence-corrected chi connectivity index (χ3v) is 4.85. The molecule has 1 rings (SSSR count). The maximum atomic E-state index is 11.4. The van der Waals surface area contributed by atoms with E-state index < -0.39 is 11.5 Å². The first-order chi connectivity index (χ1) is 8.24. The Morgan fingerprint density at radius 1 is 1.44 bits per heavy atom. The zero-order valence-electron chi connectivity index (χ0n) is 11.6. The summed E-state index contributed by atoms with van der Waals surface area (Å²) in [5.74, 6) is -0.786. The van der Waals surface area contributed by atoms with Gasteiger partial charge in [-0.15, -0.1) is 0 Å². The van der Waals surface area contributed by atoms with Gasteiger partial charge in [0.2, 0.25) is 0 Å². The number of carboxylic acid groups (broad SMARTS) is 1. The summed E-state index contributed by atoms with van der Waals surface area (Å²) in [7, 11) is 0.